The number of para-hydroxylation sites is 1. The standard InChI is InChI=1S/C13H7BrCl2N2/c14-8-6-7(4-5-9(8)15)13-17-11-3-1-2-10(16)12(11)18-13/h1-6H,(H,17,18). The zero-order valence-corrected chi connectivity index (χ0v) is 12.1. The third-order valence-electron chi connectivity index (χ3n) is 2.66. The minimum absolute atomic E-state index is 0.642. The van der Waals surface area contributed by atoms with Crippen LogP contribution in [0.5, 0.6) is 0 Å². The Morgan fingerprint density at radius 3 is 2.61 bits per heavy atom. The van der Waals surface area contributed by atoms with Crippen LogP contribution in [0.15, 0.2) is 40.9 Å². The molecule has 5 heteroatoms. The molecule has 0 aliphatic rings. The molecular weight excluding hydrogens is 335 g/mol. The van der Waals surface area contributed by atoms with Crippen LogP contribution in [0.1, 0.15) is 0 Å². The lowest BCUT2D eigenvalue weighted by Crippen LogP contribution is -1.80. The fourth-order valence-electron chi connectivity index (χ4n) is 1.78. The first kappa shape index (κ1) is 12.0. The van der Waals surface area contributed by atoms with Gasteiger partial charge in [0.05, 0.1) is 15.6 Å². The van der Waals surface area contributed by atoms with E-state index in [2.05, 4.69) is 25.9 Å². The molecule has 1 heterocycles. The Morgan fingerprint density at radius 1 is 1.06 bits per heavy atom. The van der Waals surface area contributed by atoms with Gasteiger partial charge in [-0.05, 0) is 46.3 Å². The Morgan fingerprint density at radius 2 is 1.89 bits per heavy atom. The zero-order valence-electron chi connectivity index (χ0n) is 9.05. The molecule has 0 spiro atoms. The van der Waals surface area contributed by atoms with Crippen LogP contribution < -0.4 is 0 Å². The van der Waals surface area contributed by atoms with Crippen molar-refractivity contribution in [3.63, 3.8) is 0 Å². The van der Waals surface area contributed by atoms with Gasteiger partial charge in [0.2, 0.25) is 0 Å². The quantitative estimate of drug-likeness (QED) is 0.639. The second-order valence-electron chi connectivity index (χ2n) is 3.85. The lowest BCUT2D eigenvalue weighted by atomic mass is 10.2. The van der Waals surface area contributed by atoms with E-state index in [9.17, 15) is 0 Å². The fourth-order valence-corrected chi connectivity index (χ4v) is 2.49. The van der Waals surface area contributed by atoms with Crippen molar-refractivity contribution in [1.29, 1.82) is 0 Å². The van der Waals surface area contributed by atoms with E-state index < -0.39 is 0 Å². The number of imidazole rings is 1. The highest BCUT2D eigenvalue weighted by atomic mass is 79.9. The summed E-state index contributed by atoms with van der Waals surface area (Å²) in [6, 6.07) is 11.3. The Kier molecular flexibility index (Phi) is 3.06. The first-order valence-electron chi connectivity index (χ1n) is 5.25. The Bertz CT molecular complexity index is 737. The van der Waals surface area contributed by atoms with Gasteiger partial charge in [0.25, 0.3) is 0 Å². The van der Waals surface area contributed by atoms with Crippen LogP contribution in [0, 0.1) is 0 Å². The van der Waals surface area contributed by atoms with Gasteiger partial charge in [-0.25, -0.2) is 4.98 Å². The number of hydrogen-bond acceptors (Lipinski definition) is 1. The average Bonchev–Trinajstić information content (AvgIpc) is 2.78. The highest BCUT2D eigenvalue weighted by Crippen LogP contribution is 2.30. The number of fused-ring (bicyclic) bond motifs is 1. The summed E-state index contributed by atoms with van der Waals surface area (Å²) in [6.07, 6.45) is 0. The Balaban J connectivity index is 2.19. The highest BCUT2D eigenvalue weighted by molar-refractivity contribution is 9.10. The summed E-state index contributed by atoms with van der Waals surface area (Å²) in [6.45, 7) is 0. The van der Waals surface area contributed by atoms with Crippen molar-refractivity contribution in [3.8, 4) is 11.4 Å². The van der Waals surface area contributed by atoms with E-state index in [1.165, 1.54) is 0 Å². The van der Waals surface area contributed by atoms with E-state index in [0.717, 1.165) is 26.9 Å². The van der Waals surface area contributed by atoms with Crippen LogP contribution in [-0.4, -0.2) is 9.97 Å². The van der Waals surface area contributed by atoms with Crippen molar-refractivity contribution in [1.82, 2.24) is 9.97 Å². The van der Waals surface area contributed by atoms with Gasteiger partial charge >= 0.3 is 0 Å². The number of aromatic nitrogens is 2. The Labute approximate surface area is 122 Å². The SMILES string of the molecule is Clc1ccc(-c2nc3c(Cl)cccc3[nH]2)cc1Br. The summed E-state index contributed by atoms with van der Waals surface area (Å²) in [4.78, 5) is 7.74. The number of H-pyrrole nitrogens is 1. The maximum Gasteiger partial charge on any atom is 0.138 e. The first-order valence-corrected chi connectivity index (χ1v) is 6.80. The summed E-state index contributed by atoms with van der Waals surface area (Å²) in [5.74, 6) is 0.774. The van der Waals surface area contributed by atoms with E-state index in [-0.39, 0.29) is 0 Å². The third kappa shape index (κ3) is 2.03. The van der Waals surface area contributed by atoms with Crippen LogP contribution >= 0.6 is 39.1 Å². The lowest BCUT2D eigenvalue weighted by molar-refractivity contribution is 1.33. The van der Waals surface area contributed by atoms with Crippen LogP contribution in [0.3, 0.4) is 0 Å². The number of rotatable bonds is 1. The van der Waals surface area contributed by atoms with Crippen molar-refractivity contribution in [2.75, 3.05) is 0 Å². The molecule has 90 valence electrons. The van der Waals surface area contributed by atoms with Crippen LogP contribution in [-0.2, 0) is 0 Å². The van der Waals surface area contributed by atoms with Crippen LogP contribution in [0.2, 0.25) is 10.0 Å². The van der Waals surface area contributed by atoms with Crippen molar-refractivity contribution >= 4 is 50.2 Å². The molecule has 18 heavy (non-hydrogen) atoms. The molecule has 0 atom stereocenters. The molecule has 0 saturated carbocycles. The summed E-state index contributed by atoms with van der Waals surface area (Å²) >= 11 is 15.5. The number of aromatic amines is 1. The zero-order chi connectivity index (χ0) is 12.7. The van der Waals surface area contributed by atoms with Crippen LogP contribution in [0.4, 0.5) is 0 Å². The van der Waals surface area contributed by atoms with E-state index >= 15 is 0 Å². The molecule has 0 bridgehead atoms. The molecule has 2 aromatic carbocycles. The van der Waals surface area contributed by atoms with Gasteiger partial charge in [0.15, 0.2) is 0 Å². The second-order valence-corrected chi connectivity index (χ2v) is 5.52. The number of nitrogens with zero attached hydrogens (tertiary/aromatic N) is 1. The van der Waals surface area contributed by atoms with Crippen molar-refractivity contribution < 1.29 is 0 Å². The van der Waals surface area contributed by atoms with E-state index in [1.807, 2.05) is 36.4 Å². The summed E-state index contributed by atoms with van der Waals surface area (Å²) in [5, 5.41) is 1.32. The molecular formula is C13H7BrCl2N2. The minimum Gasteiger partial charge on any atom is -0.338 e. The largest absolute Gasteiger partial charge is 0.338 e. The Hall–Kier alpha value is -1.03. The molecule has 0 radical (unpaired) electrons. The molecule has 0 aliphatic heterocycles. The molecule has 0 aliphatic carbocycles. The predicted molar refractivity (Wildman–Crippen MR) is 79.2 cm³/mol. The number of halogens is 3. The maximum absolute atomic E-state index is 6.10. The molecule has 0 fully saturated rings. The molecule has 3 rings (SSSR count). The van der Waals surface area contributed by atoms with E-state index in [4.69, 9.17) is 23.2 Å². The minimum atomic E-state index is 0.642. The number of nitrogens with one attached hydrogen (secondary N) is 1. The fraction of sp³-hybridized carbons (Fsp3) is 0. The van der Waals surface area contributed by atoms with Gasteiger partial charge in [-0.1, -0.05) is 29.3 Å². The van der Waals surface area contributed by atoms with Gasteiger partial charge < -0.3 is 4.98 Å². The van der Waals surface area contributed by atoms with Crippen molar-refractivity contribution in [3.05, 3.63) is 50.9 Å². The molecule has 1 N–H and O–H groups in total. The predicted octanol–water partition coefficient (Wildman–Crippen LogP) is 5.30. The molecule has 2 nitrogen and oxygen atoms in total. The van der Waals surface area contributed by atoms with Crippen molar-refractivity contribution in [2.45, 2.75) is 0 Å². The van der Waals surface area contributed by atoms with Crippen LogP contribution in [0.25, 0.3) is 22.4 Å². The van der Waals surface area contributed by atoms with Gasteiger partial charge in [-0.15, -0.1) is 0 Å². The summed E-state index contributed by atoms with van der Waals surface area (Å²) in [5.41, 5.74) is 2.65. The first-order chi connectivity index (χ1) is 8.65. The number of benzene rings is 2. The maximum atomic E-state index is 6.10. The molecule has 1 aromatic heterocycles. The van der Waals surface area contributed by atoms with Gasteiger partial charge in [-0.2, -0.15) is 0 Å². The van der Waals surface area contributed by atoms with E-state index in [0.29, 0.717) is 10.0 Å². The summed E-state index contributed by atoms with van der Waals surface area (Å²) in [7, 11) is 0. The highest BCUT2D eigenvalue weighted by Gasteiger charge is 2.08. The normalized spacial score (nSPS) is 11.1. The summed E-state index contributed by atoms with van der Waals surface area (Å²) < 4.78 is 0.841. The average molecular weight is 342 g/mol. The van der Waals surface area contributed by atoms with E-state index in [1.54, 1.807) is 0 Å². The second kappa shape index (κ2) is 4.57. The smallest absolute Gasteiger partial charge is 0.138 e. The van der Waals surface area contributed by atoms with Gasteiger partial charge in [0, 0.05) is 10.0 Å². The van der Waals surface area contributed by atoms with Gasteiger partial charge in [0.1, 0.15) is 11.3 Å². The molecule has 0 unspecified atom stereocenters. The van der Waals surface area contributed by atoms with Crippen molar-refractivity contribution in [2.24, 2.45) is 0 Å². The molecule has 0 amide bonds. The topological polar surface area (TPSA) is 28.7 Å². The van der Waals surface area contributed by atoms with Gasteiger partial charge in [-0.3, -0.25) is 0 Å². The third-order valence-corrected chi connectivity index (χ3v) is 4.18. The molecule has 0 saturated heterocycles. The lowest BCUT2D eigenvalue weighted by Gasteiger charge is -1.99. The monoisotopic (exact) mass is 340 g/mol. The molecule has 3 aromatic rings. The number of hydrogen-bond donors (Lipinski definition) is 1.